The highest BCUT2D eigenvalue weighted by Gasteiger charge is 2.26. The topological polar surface area (TPSA) is 61.4 Å². The Kier molecular flexibility index (Phi) is 5.64. The van der Waals surface area contributed by atoms with Gasteiger partial charge in [-0.1, -0.05) is 39.0 Å². The Morgan fingerprint density at radius 2 is 1.91 bits per heavy atom. The summed E-state index contributed by atoms with van der Waals surface area (Å²) >= 11 is 0. The van der Waals surface area contributed by atoms with E-state index in [0.717, 1.165) is 25.2 Å². The zero-order chi connectivity index (χ0) is 16.9. The number of amides is 2. The minimum absolute atomic E-state index is 0.0182. The summed E-state index contributed by atoms with van der Waals surface area (Å²) in [6.07, 6.45) is 1.31. The number of nitrogens with zero attached hydrogens (tertiary/aromatic N) is 1. The second kappa shape index (κ2) is 7.49. The van der Waals surface area contributed by atoms with E-state index in [4.69, 9.17) is 0 Å². The van der Waals surface area contributed by atoms with Gasteiger partial charge in [0, 0.05) is 43.2 Å². The van der Waals surface area contributed by atoms with E-state index in [2.05, 4.69) is 10.6 Å². The van der Waals surface area contributed by atoms with Gasteiger partial charge in [-0.3, -0.25) is 9.59 Å². The van der Waals surface area contributed by atoms with Gasteiger partial charge in [0.25, 0.3) is 0 Å². The van der Waals surface area contributed by atoms with E-state index >= 15 is 0 Å². The average molecular weight is 317 g/mol. The van der Waals surface area contributed by atoms with Crippen LogP contribution < -0.4 is 10.6 Å². The Bertz CT molecular complexity index is 537. The molecule has 2 rings (SSSR count). The highest BCUT2D eigenvalue weighted by Crippen LogP contribution is 2.16. The largest absolute Gasteiger partial charge is 0.380 e. The van der Waals surface area contributed by atoms with Crippen molar-refractivity contribution in [1.29, 1.82) is 0 Å². The molecule has 126 valence electrons. The summed E-state index contributed by atoms with van der Waals surface area (Å²) in [5.74, 6) is 0.0897. The molecule has 1 aliphatic rings. The monoisotopic (exact) mass is 317 g/mol. The Labute approximate surface area is 138 Å². The van der Waals surface area contributed by atoms with Crippen molar-refractivity contribution >= 4 is 17.5 Å². The average Bonchev–Trinajstić information content (AvgIpc) is 2.95. The van der Waals surface area contributed by atoms with Gasteiger partial charge in [-0.25, -0.2) is 0 Å². The minimum Gasteiger partial charge on any atom is -0.380 e. The third kappa shape index (κ3) is 5.27. The highest BCUT2D eigenvalue weighted by molar-refractivity contribution is 5.82. The van der Waals surface area contributed by atoms with Crippen LogP contribution in [0.2, 0.25) is 0 Å². The van der Waals surface area contributed by atoms with Crippen LogP contribution in [0.5, 0.6) is 0 Å². The number of hydrogen-bond acceptors (Lipinski definition) is 3. The number of hydrogen-bond donors (Lipinski definition) is 2. The molecule has 0 saturated carbocycles. The van der Waals surface area contributed by atoms with Gasteiger partial charge in [0.05, 0.1) is 0 Å². The predicted octanol–water partition coefficient (Wildman–Crippen LogP) is 2.25. The van der Waals surface area contributed by atoms with Gasteiger partial charge in [0.15, 0.2) is 0 Å². The number of nitrogens with one attached hydrogen (secondary N) is 2. The smallest absolute Gasteiger partial charge is 0.225 e. The standard InChI is InChI=1S/C18H27N3O2/c1-18(2,3)17(23)19-11-9-16(22)21-12-10-15(13-21)20-14-7-5-4-6-8-14/h4-8,15,20H,9-13H2,1-3H3,(H,19,23)/t15-/m1/s1. The normalized spacial score (nSPS) is 17.9. The fourth-order valence-electron chi connectivity index (χ4n) is 2.58. The quantitative estimate of drug-likeness (QED) is 0.875. The maximum atomic E-state index is 12.2. The molecule has 1 aliphatic heterocycles. The van der Waals surface area contributed by atoms with E-state index in [1.54, 1.807) is 0 Å². The van der Waals surface area contributed by atoms with E-state index in [1.807, 2.05) is 56.0 Å². The van der Waals surface area contributed by atoms with E-state index < -0.39 is 5.41 Å². The van der Waals surface area contributed by atoms with Gasteiger partial charge in [-0.05, 0) is 18.6 Å². The lowest BCUT2D eigenvalue weighted by Crippen LogP contribution is -2.38. The Balaban J connectivity index is 1.71. The van der Waals surface area contributed by atoms with Gasteiger partial charge in [0.2, 0.25) is 11.8 Å². The lowest BCUT2D eigenvalue weighted by atomic mass is 9.96. The van der Waals surface area contributed by atoms with E-state index in [-0.39, 0.29) is 11.8 Å². The lowest BCUT2D eigenvalue weighted by Gasteiger charge is -2.20. The van der Waals surface area contributed by atoms with Gasteiger partial charge in [-0.2, -0.15) is 0 Å². The summed E-state index contributed by atoms with van der Waals surface area (Å²) in [4.78, 5) is 25.9. The Morgan fingerprint density at radius 1 is 1.22 bits per heavy atom. The molecular weight excluding hydrogens is 290 g/mol. The molecule has 1 aromatic carbocycles. The number of para-hydroxylation sites is 1. The van der Waals surface area contributed by atoms with Crippen molar-refractivity contribution in [3.8, 4) is 0 Å². The molecule has 0 unspecified atom stereocenters. The van der Waals surface area contributed by atoms with Crippen LogP contribution in [0.1, 0.15) is 33.6 Å². The first-order valence-electron chi connectivity index (χ1n) is 8.24. The number of benzene rings is 1. The molecule has 1 heterocycles. The van der Waals surface area contributed by atoms with Crippen LogP contribution in [0.15, 0.2) is 30.3 Å². The molecular formula is C18H27N3O2. The molecule has 0 radical (unpaired) electrons. The number of carbonyl (C=O) groups is 2. The first-order valence-corrected chi connectivity index (χ1v) is 8.24. The van der Waals surface area contributed by atoms with Crippen molar-refractivity contribution in [1.82, 2.24) is 10.2 Å². The summed E-state index contributed by atoms with van der Waals surface area (Å²) in [5.41, 5.74) is 0.672. The molecule has 1 atom stereocenters. The molecule has 2 N–H and O–H groups in total. The van der Waals surface area contributed by atoms with Crippen LogP contribution >= 0.6 is 0 Å². The van der Waals surface area contributed by atoms with Crippen LogP contribution in [0, 0.1) is 5.41 Å². The van der Waals surface area contributed by atoms with Crippen LogP contribution in [0.3, 0.4) is 0 Å². The van der Waals surface area contributed by atoms with E-state index in [0.29, 0.717) is 19.0 Å². The fraction of sp³-hybridized carbons (Fsp3) is 0.556. The predicted molar refractivity (Wildman–Crippen MR) is 92.1 cm³/mol. The van der Waals surface area contributed by atoms with Crippen LogP contribution in [-0.4, -0.2) is 42.4 Å². The molecule has 1 saturated heterocycles. The molecule has 0 aliphatic carbocycles. The molecule has 0 spiro atoms. The molecule has 5 nitrogen and oxygen atoms in total. The van der Waals surface area contributed by atoms with Crippen molar-refractivity contribution in [3.63, 3.8) is 0 Å². The maximum Gasteiger partial charge on any atom is 0.225 e. The van der Waals surface area contributed by atoms with Crippen molar-refractivity contribution in [3.05, 3.63) is 30.3 Å². The molecule has 1 aromatic rings. The summed E-state index contributed by atoms with van der Waals surface area (Å²) < 4.78 is 0. The van der Waals surface area contributed by atoms with Gasteiger partial charge >= 0.3 is 0 Å². The summed E-state index contributed by atoms with van der Waals surface area (Å²) in [7, 11) is 0. The molecule has 0 bridgehead atoms. The van der Waals surface area contributed by atoms with Gasteiger partial charge in [-0.15, -0.1) is 0 Å². The van der Waals surface area contributed by atoms with Crippen LogP contribution in [0.4, 0.5) is 5.69 Å². The first-order chi connectivity index (χ1) is 10.9. The zero-order valence-electron chi connectivity index (χ0n) is 14.3. The summed E-state index contributed by atoms with van der Waals surface area (Å²) in [6.45, 7) is 7.50. The molecule has 5 heteroatoms. The van der Waals surface area contributed by atoms with Gasteiger partial charge in [0.1, 0.15) is 0 Å². The van der Waals surface area contributed by atoms with Crippen molar-refractivity contribution in [2.24, 2.45) is 5.41 Å². The number of anilines is 1. The second-order valence-corrected chi connectivity index (χ2v) is 7.09. The Hall–Kier alpha value is -2.04. The maximum absolute atomic E-state index is 12.2. The molecule has 2 amide bonds. The van der Waals surface area contributed by atoms with Gasteiger partial charge < -0.3 is 15.5 Å². The lowest BCUT2D eigenvalue weighted by molar-refractivity contribution is -0.131. The van der Waals surface area contributed by atoms with Crippen LogP contribution in [0.25, 0.3) is 0 Å². The molecule has 0 aromatic heterocycles. The van der Waals surface area contributed by atoms with Crippen LogP contribution in [-0.2, 0) is 9.59 Å². The third-order valence-corrected chi connectivity index (χ3v) is 3.99. The zero-order valence-corrected chi connectivity index (χ0v) is 14.3. The molecule has 23 heavy (non-hydrogen) atoms. The number of rotatable bonds is 5. The Morgan fingerprint density at radius 3 is 2.57 bits per heavy atom. The van der Waals surface area contributed by atoms with E-state index in [1.165, 1.54) is 0 Å². The molecule has 1 fully saturated rings. The van der Waals surface area contributed by atoms with Crippen molar-refractivity contribution in [2.45, 2.75) is 39.7 Å². The summed E-state index contributed by atoms with van der Waals surface area (Å²) in [5, 5.41) is 6.28. The number of carbonyl (C=O) groups excluding carboxylic acids is 2. The second-order valence-electron chi connectivity index (χ2n) is 7.09. The highest BCUT2D eigenvalue weighted by atomic mass is 16.2. The van der Waals surface area contributed by atoms with E-state index in [9.17, 15) is 9.59 Å². The van der Waals surface area contributed by atoms with Crippen molar-refractivity contribution in [2.75, 3.05) is 25.0 Å². The fourth-order valence-corrected chi connectivity index (χ4v) is 2.58. The van der Waals surface area contributed by atoms with Crippen molar-refractivity contribution < 1.29 is 9.59 Å². The SMILES string of the molecule is CC(C)(C)C(=O)NCCC(=O)N1CC[C@@H](Nc2ccccc2)C1. The minimum atomic E-state index is -0.415. The summed E-state index contributed by atoms with van der Waals surface area (Å²) in [6, 6.07) is 10.3. The first kappa shape index (κ1) is 17.3. The third-order valence-electron chi connectivity index (χ3n) is 3.99. The number of likely N-dealkylation sites (tertiary alicyclic amines) is 1.